The Kier molecular flexibility index (Phi) is 5.41. The third-order valence-electron chi connectivity index (χ3n) is 3.83. The average Bonchev–Trinajstić information content (AvgIpc) is 2.99. The van der Waals surface area contributed by atoms with Crippen molar-refractivity contribution in [3.63, 3.8) is 0 Å². The molecule has 1 fully saturated rings. The molecule has 0 spiro atoms. The molecule has 2 aromatic rings. The molecule has 122 valence electrons. The first-order valence-corrected chi connectivity index (χ1v) is 9.13. The van der Waals surface area contributed by atoms with Crippen LogP contribution in [0.4, 0.5) is 5.69 Å². The van der Waals surface area contributed by atoms with Crippen LogP contribution in [0.15, 0.2) is 24.4 Å². The molecule has 0 radical (unpaired) electrons. The number of hydrogen-bond donors (Lipinski definition) is 1. The maximum absolute atomic E-state index is 12.8. The lowest BCUT2D eigenvalue weighted by atomic mass is 10.1. The van der Waals surface area contributed by atoms with Gasteiger partial charge >= 0.3 is 0 Å². The van der Waals surface area contributed by atoms with Crippen LogP contribution in [0.3, 0.4) is 0 Å². The Morgan fingerprint density at radius 2 is 2.04 bits per heavy atom. The summed E-state index contributed by atoms with van der Waals surface area (Å²) in [5.74, 6) is 0.0389. The van der Waals surface area contributed by atoms with Gasteiger partial charge < -0.3 is 10.2 Å². The van der Waals surface area contributed by atoms with E-state index in [0.717, 1.165) is 36.5 Å². The molecule has 4 nitrogen and oxygen atoms in total. The Morgan fingerprint density at radius 1 is 1.26 bits per heavy atom. The van der Waals surface area contributed by atoms with Gasteiger partial charge in [-0.25, -0.2) is 4.98 Å². The quantitative estimate of drug-likeness (QED) is 0.849. The number of nitrogens with zero attached hydrogens (tertiary/aromatic N) is 2. The first-order chi connectivity index (χ1) is 11.1. The number of halogens is 2. The summed E-state index contributed by atoms with van der Waals surface area (Å²) in [4.78, 5) is 19.7. The van der Waals surface area contributed by atoms with Gasteiger partial charge in [-0.3, -0.25) is 4.79 Å². The molecule has 1 aliphatic rings. The largest absolute Gasteiger partial charge is 0.379 e. The summed E-state index contributed by atoms with van der Waals surface area (Å²) in [7, 11) is 0. The molecule has 1 aromatic heterocycles. The zero-order chi connectivity index (χ0) is 16.2. The zero-order valence-corrected chi connectivity index (χ0v) is 14.8. The minimum Gasteiger partial charge on any atom is -0.379 e. The molecule has 1 amide bonds. The van der Waals surface area contributed by atoms with Crippen molar-refractivity contribution >= 4 is 46.1 Å². The van der Waals surface area contributed by atoms with E-state index in [9.17, 15) is 4.79 Å². The van der Waals surface area contributed by atoms with Crippen LogP contribution in [0.25, 0.3) is 0 Å². The molecule has 1 aliphatic heterocycles. The second-order valence-electron chi connectivity index (χ2n) is 5.48. The number of nitrogens with one attached hydrogen (secondary N) is 1. The van der Waals surface area contributed by atoms with Crippen molar-refractivity contribution in [1.82, 2.24) is 9.88 Å². The summed E-state index contributed by atoms with van der Waals surface area (Å²) >= 11 is 13.4. The maximum Gasteiger partial charge on any atom is 0.256 e. The number of likely N-dealkylation sites (tertiary alicyclic amines) is 1. The van der Waals surface area contributed by atoms with E-state index in [1.165, 1.54) is 17.8 Å². The van der Waals surface area contributed by atoms with Gasteiger partial charge in [-0.05, 0) is 37.5 Å². The Morgan fingerprint density at radius 3 is 2.74 bits per heavy atom. The predicted molar refractivity (Wildman–Crippen MR) is 95.7 cm³/mol. The zero-order valence-electron chi connectivity index (χ0n) is 12.5. The number of rotatable bonds is 4. The third kappa shape index (κ3) is 4.16. The Labute approximate surface area is 149 Å². The Hall–Kier alpha value is -1.30. The van der Waals surface area contributed by atoms with Crippen molar-refractivity contribution in [2.24, 2.45) is 0 Å². The predicted octanol–water partition coefficient (Wildman–Crippen LogP) is 4.69. The highest BCUT2D eigenvalue weighted by Crippen LogP contribution is 2.25. The molecule has 1 N–H and O–H groups in total. The van der Waals surface area contributed by atoms with Crippen molar-refractivity contribution in [3.05, 3.63) is 44.3 Å². The maximum atomic E-state index is 12.8. The van der Waals surface area contributed by atoms with Crippen LogP contribution in [0.1, 0.15) is 34.5 Å². The minimum atomic E-state index is 0.0389. The number of hydrogen-bond acceptors (Lipinski definition) is 4. The smallest absolute Gasteiger partial charge is 0.256 e. The highest BCUT2D eigenvalue weighted by Gasteiger charge is 2.21. The van der Waals surface area contributed by atoms with Gasteiger partial charge in [-0.1, -0.05) is 23.2 Å². The summed E-state index contributed by atoms with van der Waals surface area (Å²) in [6, 6.07) is 5.37. The summed E-state index contributed by atoms with van der Waals surface area (Å²) in [6.45, 7) is 2.21. The number of anilines is 1. The van der Waals surface area contributed by atoms with Gasteiger partial charge in [0, 0.05) is 34.9 Å². The number of benzene rings is 1. The van der Waals surface area contributed by atoms with E-state index < -0.39 is 0 Å². The number of carbonyl (C=O) groups excluding carboxylic acids is 1. The SMILES string of the molecule is O=C(c1cc(Cl)ccc1NCc1cnc(Cl)s1)N1CCCCC1. The lowest BCUT2D eigenvalue weighted by Crippen LogP contribution is -2.36. The molecular formula is C16H17Cl2N3OS. The van der Waals surface area contributed by atoms with Gasteiger partial charge in [0.05, 0.1) is 12.1 Å². The van der Waals surface area contributed by atoms with Crippen LogP contribution >= 0.6 is 34.5 Å². The minimum absolute atomic E-state index is 0.0389. The third-order valence-corrected chi connectivity index (χ3v) is 5.18. The van der Waals surface area contributed by atoms with Crippen LogP contribution in [-0.4, -0.2) is 28.9 Å². The van der Waals surface area contributed by atoms with Crippen molar-refractivity contribution < 1.29 is 4.79 Å². The van der Waals surface area contributed by atoms with E-state index in [-0.39, 0.29) is 5.91 Å². The van der Waals surface area contributed by atoms with E-state index in [0.29, 0.717) is 21.6 Å². The summed E-state index contributed by atoms with van der Waals surface area (Å²) in [5, 5.41) is 3.86. The fourth-order valence-electron chi connectivity index (χ4n) is 2.66. The molecule has 1 saturated heterocycles. The fraction of sp³-hybridized carbons (Fsp3) is 0.375. The van der Waals surface area contributed by atoms with Crippen LogP contribution < -0.4 is 5.32 Å². The Balaban J connectivity index is 1.78. The monoisotopic (exact) mass is 369 g/mol. The van der Waals surface area contributed by atoms with E-state index in [4.69, 9.17) is 23.2 Å². The fourth-order valence-corrected chi connectivity index (χ4v) is 3.75. The van der Waals surface area contributed by atoms with E-state index in [2.05, 4.69) is 10.3 Å². The van der Waals surface area contributed by atoms with E-state index in [1.807, 2.05) is 11.0 Å². The second kappa shape index (κ2) is 7.51. The van der Waals surface area contributed by atoms with Crippen LogP contribution in [0.2, 0.25) is 9.49 Å². The van der Waals surface area contributed by atoms with Crippen LogP contribution in [0, 0.1) is 0 Å². The Bertz CT molecular complexity index is 698. The molecule has 0 aliphatic carbocycles. The molecule has 7 heteroatoms. The molecule has 3 rings (SSSR count). The van der Waals surface area contributed by atoms with Crippen LogP contribution in [-0.2, 0) is 6.54 Å². The molecule has 2 heterocycles. The number of amides is 1. The second-order valence-corrected chi connectivity index (χ2v) is 7.61. The molecule has 0 saturated carbocycles. The highest BCUT2D eigenvalue weighted by atomic mass is 35.5. The molecule has 0 bridgehead atoms. The topological polar surface area (TPSA) is 45.2 Å². The number of aromatic nitrogens is 1. The van der Waals surface area contributed by atoms with Crippen molar-refractivity contribution in [2.45, 2.75) is 25.8 Å². The number of carbonyl (C=O) groups is 1. The average molecular weight is 370 g/mol. The molecule has 23 heavy (non-hydrogen) atoms. The molecule has 0 atom stereocenters. The first kappa shape index (κ1) is 16.6. The standard InChI is InChI=1S/C16H17Cl2N3OS/c17-11-4-5-14(19-9-12-10-20-16(18)23-12)13(8-11)15(22)21-6-2-1-3-7-21/h4-5,8,10,19H,1-3,6-7,9H2. The van der Waals surface area contributed by atoms with Gasteiger partial charge in [-0.2, -0.15) is 0 Å². The van der Waals surface area contributed by atoms with Crippen molar-refractivity contribution in [3.8, 4) is 0 Å². The molecule has 1 aromatic carbocycles. The first-order valence-electron chi connectivity index (χ1n) is 7.56. The summed E-state index contributed by atoms with van der Waals surface area (Å²) in [6.07, 6.45) is 5.06. The highest BCUT2D eigenvalue weighted by molar-refractivity contribution is 7.15. The molecular weight excluding hydrogens is 353 g/mol. The number of thiazole rings is 1. The van der Waals surface area contributed by atoms with Gasteiger partial charge in [0.1, 0.15) is 0 Å². The lowest BCUT2D eigenvalue weighted by molar-refractivity contribution is 0.0725. The van der Waals surface area contributed by atoms with Gasteiger partial charge in [0.15, 0.2) is 4.47 Å². The number of piperidine rings is 1. The summed E-state index contributed by atoms with van der Waals surface area (Å²) in [5.41, 5.74) is 1.41. The van der Waals surface area contributed by atoms with Gasteiger partial charge in [0.25, 0.3) is 5.91 Å². The van der Waals surface area contributed by atoms with Crippen LogP contribution in [0.5, 0.6) is 0 Å². The van der Waals surface area contributed by atoms with E-state index >= 15 is 0 Å². The normalized spacial score (nSPS) is 14.8. The summed E-state index contributed by atoms with van der Waals surface area (Å²) < 4.78 is 0.516. The van der Waals surface area contributed by atoms with Gasteiger partial charge in [0.2, 0.25) is 0 Å². The van der Waals surface area contributed by atoms with Crippen molar-refractivity contribution in [2.75, 3.05) is 18.4 Å². The van der Waals surface area contributed by atoms with E-state index in [1.54, 1.807) is 18.3 Å². The van der Waals surface area contributed by atoms with Gasteiger partial charge in [-0.15, -0.1) is 11.3 Å². The van der Waals surface area contributed by atoms with Crippen molar-refractivity contribution in [1.29, 1.82) is 0 Å². The lowest BCUT2D eigenvalue weighted by Gasteiger charge is -2.27. The molecule has 0 unspecified atom stereocenters.